The molecule has 150 valence electrons. The quantitative estimate of drug-likeness (QED) is 0.554. The van der Waals surface area contributed by atoms with Crippen LogP contribution in [0.3, 0.4) is 0 Å². The molecular weight excluding hydrogens is 385 g/mol. The highest BCUT2D eigenvalue weighted by molar-refractivity contribution is 6.04. The summed E-state index contributed by atoms with van der Waals surface area (Å²) in [5, 5.41) is 7.97. The Bertz CT molecular complexity index is 1280. The Morgan fingerprint density at radius 1 is 1.03 bits per heavy atom. The zero-order valence-electron chi connectivity index (χ0n) is 16.1. The molecule has 7 heteroatoms. The van der Waals surface area contributed by atoms with Crippen molar-refractivity contribution in [3.8, 4) is 11.4 Å². The summed E-state index contributed by atoms with van der Waals surface area (Å²) in [5.74, 6) is -0.216. The van der Waals surface area contributed by atoms with Crippen molar-refractivity contribution in [2.45, 2.75) is 6.54 Å². The molecule has 1 N–H and O–H groups in total. The number of benzene rings is 3. The Hall–Kier alpha value is -4.00. The maximum atomic E-state index is 13.1. The molecule has 0 unspecified atom stereocenters. The number of nitrogens with one attached hydrogen (secondary N) is 1. The maximum Gasteiger partial charge on any atom is 0.279 e. The van der Waals surface area contributed by atoms with Gasteiger partial charge in [-0.1, -0.05) is 36.4 Å². The van der Waals surface area contributed by atoms with E-state index in [1.807, 2.05) is 0 Å². The molecule has 3 aromatic carbocycles. The van der Waals surface area contributed by atoms with Crippen LogP contribution in [0.15, 0.2) is 77.6 Å². The van der Waals surface area contributed by atoms with Gasteiger partial charge < -0.3 is 10.1 Å². The summed E-state index contributed by atoms with van der Waals surface area (Å²) in [6.07, 6.45) is 0. The number of carbonyl (C=O) groups is 1. The third kappa shape index (κ3) is 3.77. The molecule has 4 rings (SSSR count). The van der Waals surface area contributed by atoms with Crippen molar-refractivity contribution < 1.29 is 13.9 Å². The van der Waals surface area contributed by atoms with Crippen LogP contribution in [0.25, 0.3) is 16.5 Å². The van der Waals surface area contributed by atoms with Gasteiger partial charge in [-0.3, -0.25) is 9.59 Å². The van der Waals surface area contributed by atoms with Gasteiger partial charge in [0.25, 0.3) is 11.5 Å². The highest BCUT2D eigenvalue weighted by atomic mass is 19.1. The van der Waals surface area contributed by atoms with E-state index in [9.17, 15) is 14.0 Å². The molecule has 6 nitrogen and oxygen atoms in total. The van der Waals surface area contributed by atoms with Crippen molar-refractivity contribution in [2.24, 2.45) is 0 Å². The van der Waals surface area contributed by atoms with Crippen molar-refractivity contribution in [3.05, 3.63) is 100 Å². The van der Waals surface area contributed by atoms with Crippen LogP contribution in [0.4, 0.5) is 4.39 Å². The largest absolute Gasteiger partial charge is 0.497 e. The number of fused-ring (bicyclic) bond motifs is 1. The van der Waals surface area contributed by atoms with Gasteiger partial charge in [0.15, 0.2) is 5.69 Å². The first kappa shape index (κ1) is 19.3. The number of hydrogen-bond donors (Lipinski definition) is 1. The second kappa shape index (κ2) is 8.16. The number of methoxy groups -OCH3 is 1. The molecule has 0 atom stereocenters. The third-order valence-corrected chi connectivity index (χ3v) is 4.68. The van der Waals surface area contributed by atoms with Gasteiger partial charge >= 0.3 is 0 Å². The number of halogens is 1. The van der Waals surface area contributed by atoms with Gasteiger partial charge in [0.1, 0.15) is 11.6 Å². The molecule has 30 heavy (non-hydrogen) atoms. The monoisotopic (exact) mass is 403 g/mol. The first-order chi connectivity index (χ1) is 14.6. The number of nitrogens with zero attached hydrogens (tertiary/aromatic N) is 2. The Labute approximate surface area is 171 Å². The Kier molecular flexibility index (Phi) is 5.26. The summed E-state index contributed by atoms with van der Waals surface area (Å²) >= 11 is 0. The van der Waals surface area contributed by atoms with Crippen LogP contribution in [0, 0.1) is 5.82 Å². The summed E-state index contributed by atoms with van der Waals surface area (Å²) in [5.41, 5.74) is 1.01. The molecule has 0 bridgehead atoms. The molecule has 0 spiro atoms. The summed E-state index contributed by atoms with van der Waals surface area (Å²) in [4.78, 5) is 25.9. The van der Waals surface area contributed by atoms with Gasteiger partial charge in [0, 0.05) is 18.0 Å². The molecular formula is C23H18FN3O3. The number of aromatic nitrogens is 2. The third-order valence-electron chi connectivity index (χ3n) is 4.68. The minimum absolute atomic E-state index is 0.120. The van der Waals surface area contributed by atoms with Crippen molar-refractivity contribution in [3.63, 3.8) is 0 Å². The second-order valence-corrected chi connectivity index (χ2v) is 6.62. The minimum atomic E-state index is -0.438. The molecule has 0 aliphatic heterocycles. The van der Waals surface area contributed by atoms with Gasteiger partial charge in [0.2, 0.25) is 0 Å². The van der Waals surface area contributed by atoms with E-state index in [0.717, 1.165) is 5.56 Å². The molecule has 0 saturated heterocycles. The van der Waals surface area contributed by atoms with Crippen LogP contribution >= 0.6 is 0 Å². The second-order valence-electron chi connectivity index (χ2n) is 6.62. The van der Waals surface area contributed by atoms with Crippen molar-refractivity contribution in [1.29, 1.82) is 0 Å². The van der Waals surface area contributed by atoms with E-state index >= 15 is 0 Å². The molecule has 1 heterocycles. The van der Waals surface area contributed by atoms with Gasteiger partial charge in [-0.2, -0.15) is 9.78 Å². The smallest absolute Gasteiger partial charge is 0.279 e. The highest BCUT2D eigenvalue weighted by Crippen LogP contribution is 2.18. The summed E-state index contributed by atoms with van der Waals surface area (Å²) in [6.45, 7) is 0.202. The Morgan fingerprint density at radius 3 is 2.50 bits per heavy atom. The first-order valence-electron chi connectivity index (χ1n) is 9.26. The van der Waals surface area contributed by atoms with Gasteiger partial charge in [-0.05, 0) is 35.9 Å². The number of carbonyl (C=O) groups excluding carboxylic acids is 1. The Morgan fingerprint density at radius 2 is 1.77 bits per heavy atom. The molecule has 0 aliphatic carbocycles. The predicted octanol–water partition coefficient (Wildman–Crippen LogP) is 3.46. The van der Waals surface area contributed by atoms with Gasteiger partial charge in [0.05, 0.1) is 18.2 Å². The van der Waals surface area contributed by atoms with E-state index in [1.165, 1.54) is 23.9 Å². The van der Waals surface area contributed by atoms with E-state index in [2.05, 4.69) is 10.4 Å². The topological polar surface area (TPSA) is 73.2 Å². The van der Waals surface area contributed by atoms with Crippen LogP contribution in [0.1, 0.15) is 16.1 Å². The van der Waals surface area contributed by atoms with E-state index in [0.29, 0.717) is 22.2 Å². The fourth-order valence-electron chi connectivity index (χ4n) is 3.14. The molecule has 1 aromatic heterocycles. The number of hydrogen-bond acceptors (Lipinski definition) is 4. The van der Waals surface area contributed by atoms with Crippen LogP contribution in [0.2, 0.25) is 0 Å². The van der Waals surface area contributed by atoms with Gasteiger partial charge in [-0.25, -0.2) is 4.39 Å². The minimum Gasteiger partial charge on any atom is -0.497 e. The average Bonchev–Trinajstić information content (AvgIpc) is 2.79. The standard InChI is InChI=1S/C23H18FN3O3/c1-30-18-6-4-5-17(13-18)27-23(29)20-8-3-2-7-19(20)21(26-27)22(28)25-14-15-9-11-16(24)12-10-15/h2-13H,14H2,1H3,(H,25,28). The first-order valence-corrected chi connectivity index (χ1v) is 9.26. The maximum absolute atomic E-state index is 13.1. The highest BCUT2D eigenvalue weighted by Gasteiger charge is 2.17. The summed E-state index contributed by atoms with van der Waals surface area (Å²) in [7, 11) is 1.53. The fourth-order valence-corrected chi connectivity index (χ4v) is 3.14. The van der Waals surface area contributed by atoms with Crippen LogP contribution in [-0.4, -0.2) is 22.8 Å². The molecule has 0 saturated carbocycles. The van der Waals surface area contributed by atoms with Crippen LogP contribution in [0.5, 0.6) is 5.75 Å². The zero-order chi connectivity index (χ0) is 21.1. The summed E-state index contributed by atoms with van der Waals surface area (Å²) in [6, 6.07) is 19.6. The van der Waals surface area contributed by atoms with Crippen molar-refractivity contribution in [2.75, 3.05) is 7.11 Å². The lowest BCUT2D eigenvalue weighted by Gasteiger charge is -2.12. The van der Waals surface area contributed by atoms with E-state index in [-0.39, 0.29) is 23.6 Å². The zero-order valence-corrected chi connectivity index (χ0v) is 16.1. The Balaban J connectivity index is 1.76. The number of amides is 1. The van der Waals surface area contributed by atoms with Crippen molar-refractivity contribution >= 4 is 16.7 Å². The van der Waals surface area contributed by atoms with Gasteiger partial charge in [-0.15, -0.1) is 0 Å². The molecule has 4 aromatic rings. The normalized spacial score (nSPS) is 10.7. The van der Waals surface area contributed by atoms with E-state index in [1.54, 1.807) is 60.7 Å². The predicted molar refractivity (Wildman–Crippen MR) is 111 cm³/mol. The molecule has 0 radical (unpaired) electrons. The van der Waals surface area contributed by atoms with E-state index < -0.39 is 5.91 Å². The van der Waals surface area contributed by atoms with Crippen LogP contribution < -0.4 is 15.6 Å². The van der Waals surface area contributed by atoms with Crippen LogP contribution in [-0.2, 0) is 6.54 Å². The summed E-state index contributed by atoms with van der Waals surface area (Å²) < 4.78 is 19.5. The number of rotatable bonds is 5. The lowest BCUT2D eigenvalue weighted by atomic mass is 10.1. The lowest BCUT2D eigenvalue weighted by Crippen LogP contribution is -2.29. The number of ether oxygens (including phenoxy) is 1. The molecule has 1 amide bonds. The lowest BCUT2D eigenvalue weighted by molar-refractivity contribution is 0.0946. The van der Waals surface area contributed by atoms with Crippen molar-refractivity contribution in [1.82, 2.24) is 15.1 Å². The fraction of sp³-hybridized carbons (Fsp3) is 0.0870. The molecule has 0 fully saturated rings. The van der Waals surface area contributed by atoms with E-state index in [4.69, 9.17) is 4.74 Å². The average molecular weight is 403 g/mol. The SMILES string of the molecule is COc1cccc(-n2nc(C(=O)NCc3ccc(F)cc3)c3ccccc3c2=O)c1. The molecule has 0 aliphatic rings.